The lowest BCUT2D eigenvalue weighted by Gasteiger charge is -2.04. The molecule has 122 valence electrons. The SMILES string of the molecule is Cc1ccc(CNCc2ccc(-c3cccc(C(=O)O)c3)o2)cc1. The number of carbonyl (C=O) groups is 1. The maximum absolute atomic E-state index is 11.0. The van der Waals surface area contributed by atoms with Gasteiger partial charge in [-0.25, -0.2) is 4.79 Å². The fourth-order valence-electron chi connectivity index (χ4n) is 2.47. The van der Waals surface area contributed by atoms with Crippen molar-refractivity contribution in [2.45, 2.75) is 20.0 Å². The Morgan fingerprint density at radius 2 is 1.83 bits per heavy atom. The van der Waals surface area contributed by atoms with E-state index in [1.54, 1.807) is 18.2 Å². The van der Waals surface area contributed by atoms with E-state index in [4.69, 9.17) is 9.52 Å². The molecule has 0 aliphatic carbocycles. The molecule has 2 N–H and O–H groups in total. The molecule has 3 aromatic rings. The third-order valence-corrected chi connectivity index (χ3v) is 3.80. The van der Waals surface area contributed by atoms with Crippen molar-refractivity contribution < 1.29 is 14.3 Å². The van der Waals surface area contributed by atoms with Crippen LogP contribution >= 0.6 is 0 Å². The number of furan rings is 1. The Bertz CT molecular complexity index is 834. The Hall–Kier alpha value is -2.85. The van der Waals surface area contributed by atoms with Crippen LogP contribution in [0.25, 0.3) is 11.3 Å². The van der Waals surface area contributed by atoms with Crippen LogP contribution in [0.4, 0.5) is 0 Å². The molecule has 0 aliphatic rings. The van der Waals surface area contributed by atoms with Gasteiger partial charge in [-0.15, -0.1) is 0 Å². The van der Waals surface area contributed by atoms with Gasteiger partial charge in [-0.1, -0.05) is 42.0 Å². The molecule has 4 nitrogen and oxygen atoms in total. The van der Waals surface area contributed by atoms with E-state index in [1.807, 2.05) is 18.2 Å². The van der Waals surface area contributed by atoms with Gasteiger partial charge in [0.1, 0.15) is 11.5 Å². The summed E-state index contributed by atoms with van der Waals surface area (Å²) in [5.41, 5.74) is 3.49. The summed E-state index contributed by atoms with van der Waals surface area (Å²) in [6.07, 6.45) is 0. The standard InChI is InChI=1S/C20H19NO3/c1-14-5-7-15(8-6-14)12-21-13-18-9-10-19(24-18)16-3-2-4-17(11-16)20(22)23/h2-11,21H,12-13H2,1H3,(H,22,23). The predicted octanol–water partition coefficient (Wildman–Crippen LogP) is 4.24. The molecule has 0 spiro atoms. The van der Waals surface area contributed by atoms with Crippen molar-refractivity contribution in [2.24, 2.45) is 0 Å². The van der Waals surface area contributed by atoms with Gasteiger partial charge >= 0.3 is 5.97 Å². The smallest absolute Gasteiger partial charge is 0.335 e. The molecule has 0 atom stereocenters. The molecular weight excluding hydrogens is 302 g/mol. The summed E-state index contributed by atoms with van der Waals surface area (Å²) in [4.78, 5) is 11.0. The van der Waals surface area contributed by atoms with Crippen LogP contribution in [0.5, 0.6) is 0 Å². The summed E-state index contributed by atoms with van der Waals surface area (Å²) in [5, 5.41) is 12.4. The largest absolute Gasteiger partial charge is 0.478 e. The Morgan fingerprint density at radius 3 is 2.58 bits per heavy atom. The van der Waals surface area contributed by atoms with Crippen molar-refractivity contribution in [2.75, 3.05) is 0 Å². The lowest BCUT2D eigenvalue weighted by molar-refractivity contribution is 0.0697. The number of carboxylic acid groups (broad SMARTS) is 1. The summed E-state index contributed by atoms with van der Waals surface area (Å²) in [6, 6.07) is 18.9. The van der Waals surface area contributed by atoms with Crippen molar-refractivity contribution in [3.8, 4) is 11.3 Å². The van der Waals surface area contributed by atoms with Gasteiger partial charge in [0.15, 0.2) is 0 Å². The van der Waals surface area contributed by atoms with E-state index in [9.17, 15) is 4.79 Å². The van der Waals surface area contributed by atoms with Crippen LogP contribution in [0.3, 0.4) is 0 Å². The molecule has 2 aromatic carbocycles. The van der Waals surface area contributed by atoms with Gasteiger partial charge in [-0.3, -0.25) is 0 Å². The van der Waals surface area contributed by atoms with Gasteiger partial charge < -0.3 is 14.8 Å². The topological polar surface area (TPSA) is 62.5 Å². The fraction of sp³-hybridized carbons (Fsp3) is 0.150. The summed E-state index contributed by atoms with van der Waals surface area (Å²) in [5.74, 6) is 0.548. The summed E-state index contributed by atoms with van der Waals surface area (Å²) >= 11 is 0. The van der Waals surface area contributed by atoms with Crippen LogP contribution in [-0.2, 0) is 13.1 Å². The molecule has 0 saturated heterocycles. The number of hydrogen-bond donors (Lipinski definition) is 2. The van der Waals surface area contributed by atoms with E-state index in [0.29, 0.717) is 12.3 Å². The van der Waals surface area contributed by atoms with E-state index in [1.165, 1.54) is 11.1 Å². The summed E-state index contributed by atoms with van der Waals surface area (Å²) in [7, 11) is 0. The number of carboxylic acids is 1. The zero-order valence-electron chi connectivity index (χ0n) is 13.5. The Morgan fingerprint density at radius 1 is 1.04 bits per heavy atom. The number of aromatic carboxylic acids is 1. The van der Waals surface area contributed by atoms with Crippen molar-refractivity contribution in [3.63, 3.8) is 0 Å². The number of rotatable bonds is 6. The molecule has 3 rings (SSSR count). The van der Waals surface area contributed by atoms with E-state index >= 15 is 0 Å². The lowest BCUT2D eigenvalue weighted by atomic mass is 10.1. The molecule has 1 aromatic heterocycles. The second-order valence-electron chi connectivity index (χ2n) is 5.74. The second kappa shape index (κ2) is 7.15. The first-order valence-electron chi connectivity index (χ1n) is 7.80. The molecule has 24 heavy (non-hydrogen) atoms. The highest BCUT2D eigenvalue weighted by Crippen LogP contribution is 2.23. The number of hydrogen-bond acceptors (Lipinski definition) is 3. The molecule has 1 heterocycles. The van der Waals surface area contributed by atoms with E-state index in [0.717, 1.165) is 17.9 Å². The van der Waals surface area contributed by atoms with Crippen molar-refractivity contribution in [1.82, 2.24) is 5.32 Å². The van der Waals surface area contributed by atoms with E-state index in [2.05, 4.69) is 36.5 Å². The highest BCUT2D eigenvalue weighted by Gasteiger charge is 2.08. The first kappa shape index (κ1) is 16.0. The normalized spacial score (nSPS) is 10.7. The minimum atomic E-state index is -0.941. The van der Waals surface area contributed by atoms with E-state index < -0.39 is 5.97 Å². The molecular formula is C20H19NO3. The van der Waals surface area contributed by atoms with Crippen LogP contribution in [0, 0.1) is 6.92 Å². The third kappa shape index (κ3) is 3.91. The molecule has 0 fully saturated rings. The second-order valence-corrected chi connectivity index (χ2v) is 5.74. The van der Waals surface area contributed by atoms with Crippen molar-refractivity contribution >= 4 is 5.97 Å². The Kier molecular flexibility index (Phi) is 4.77. The van der Waals surface area contributed by atoms with Crippen LogP contribution < -0.4 is 5.32 Å². The van der Waals surface area contributed by atoms with Gasteiger partial charge in [-0.05, 0) is 36.8 Å². The van der Waals surface area contributed by atoms with Crippen LogP contribution in [0.15, 0.2) is 65.1 Å². The molecule has 0 bridgehead atoms. The van der Waals surface area contributed by atoms with Gasteiger partial charge in [0.2, 0.25) is 0 Å². The summed E-state index contributed by atoms with van der Waals surface area (Å²) < 4.78 is 5.81. The van der Waals surface area contributed by atoms with Gasteiger partial charge in [0.05, 0.1) is 12.1 Å². The van der Waals surface area contributed by atoms with E-state index in [-0.39, 0.29) is 5.56 Å². The highest BCUT2D eigenvalue weighted by atomic mass is 16.4. The van der Waals surface area contributed by atoms with Crippen molar-refractivity contribution in [1.29, 1.82) is 0 Å². The third-order valence-electron chi connectivity index (χ3n) is 3.80. The van der Waals surface area contributed by atoms with Crippen LogP contribution in [0.1, 0.15) is 27.2 Å². The number of nitrogens with one attached hydrogen (secondary N) is 1. The predicted molar refractivity (Wildman–Crippen MR) is 92.8 cm³/mol. The maximum atomic E-state index is 11.0. The first-order valence-corrected chi connectivity index (χ1v) is 7.80. The Balaban J connectivity index is 1.62. The zero-order valence-corrected chi connectivity index (χ0v) is 13.5. The minimum Gasteiger partial charge on any atom is -0.478 e. The molecule has 0 aliphatic heterocycles. The summed E-state index contributed by atoms with van der Waals surface area (Å²) in [6.45, 7) is 3.46. The quantitative estimate of drug-likeness (QED) is 0.713. The van der Waals surface area contributed by atoms with Crippen molar-refractivity contribution in [3.05, 3.63) is 83.1 Å². The first-order chi connectivity index (χ1) is 11.6. The van der Waals surface area contributed by atoms with Gasteiger partial charge in [0, 0.05) is 12.1 Å². The maximum Gasteiger partial charge on any atom is 0.335 e. The van der Waals surface area contributed by atoms with Gasteiger partial charge in [0.25, 0.3) is 0 Å². The monoisotopic (exact) mass is 321 g/mol. The molecule has 4 heteroatoms. The average molecular weight is 321 g/mol. The fourth-order valence-corrected chi connectivity index (χ4v) is 2.47. The molecule has 0 saturated carbocycles. The average Bonchev–Trinajstić information content (AvgIpc) is 3.06. The molecule has 0 radical (unpaired) electrons. The minimum absolute atomic E-state index is 0.253. The van der Waals surface area contributed by atoms with Crippen LogP contribution in [-0.4, -0.2) is 11.1 Å². The Labute approximate surface area is 140 Å². The number of aryl methyl sites for hydroxylation is 1. The molecule has 0 unspecified atom stereocenters. The van der Waals surface area contributed by atoms with Gasteiger partial charge in [-0.2, -0.15) is 0 Å². The molecule has 0 amide bonds. The zero-order chi connectivity index (χ0) is 16.9. The number of benzene rings is 2. The highest BCUT2D eigenvalue weighted by molar-refractivity contribution is 5.89. The lowest BCUT2D eigenvalue weighted by Crippen LogP contribution is -2.11. The van der Waals surface area contributed by atoms with Crippen LogP contribution in [0.2, 0.25) is 0 Å².